The van der Waals surface area contributed by atoms with Crippen LogP contribution in [0.5, 0.6) is 11.5 Å². The number of para-hydroxylation sites is 4. The number of rotatable bonds is 5. The second-order valence-electron chi connectivity index (χ2n) is 11.4. The lowest BCUT2D eigenvalue weighted by molar-refractivity contribution is 0.477. The summed E-state index contributed by atoms with van der Waals surface area (Å²) in [4.78, 5) is 4.52. The first-order chi connectivity index (χ1) is 22.8. The Balaban J connectivity index is 1.16. The van der Waals surface area contributed by atoms with Gasteiger partial charge in [0.15, 0.2) is 11.5 Å². The van der Waals surface area contributed by atoms with Crippen LogP contribution in [0, 0.1) is 0 Å². The van der Waals surface area contributed by atoms with Gasteiger partial charge in [-0.05, 0) is 77.9 Å². The van der Waals surface area contributed by atoms with Crippen molar-refractivity contribution in [1.82, 2.24) is 0 Å². The van der Waals surface area contributed by atoms with Crippen molar-refractivity contribution in [3.63, 3.8) is 0 Å². The van der Waals surface area contributed by atoms with Crippen molar-refractivity contribution in [2.24, 2.45) is 0 Å². The summed E-state index contributed by atoms with van der Waals surface area (Å²) in [5.74, 6) is 1.58. The summed E-state index contributed by atoms with van der Waals surface area (Å²) in [7, 11) is 0. The first-order valence-electron chi connectivity index (χ1n) is 15.4. The molecule has 0 atom stereocenters. The van der Waals surface area contributed by atoms with E-state index in [1.807, 2.05) is 48.5 Å². The number of ether oxygens (including phenoxy) is 1. The molecule has 4 nitrogen and oxygen atoms in total. The largest absolute Gasteiger partial charge is 0.456 e. The number of hydrogen-bond acceptors (Lipinski definition) is 4. The third-order valence-electron chi connectivity index (χ3n) is 8.64. The Morgan fingerprint density at radius 1 is 0.413 bits per heavy atom. The Hall–Kier alpha value is -6.26. The van der Waals surface area contributed by atoms with Crippen molar-refractivity contribution in [3.8, 4) is 22.6 Å². The molecule has 4 heteroatoms. The number of benzene rings is 7. The summed E-state index contributed by atoms with van der Waals surface area (Å²) in [6, 6.07) is 58.9. The van der Waals surface area contributed by atoms with E-state index in [-0.39, 0.29) is 0 Å². The van der Waals surface area contributed by atoms with E-state index in [1.54, 1.807) is 0 Å². The molecule has 1 aliphatic heterocycles. The van der Waals surface area contributed by atoms with Crippen molar-refractivity contribution in [3.05, 3.63) is 170 Å². The topological polar surface area (TPSA) is 28.9 Å². The van der Waals surface area contributed by atoms with Gasteiger partial charge >= 0.3 is 0 Å². The van der Waals surface area contributed by atoms with Gasteiger partial charge in [-0.3, -0.25) is 0 Å². The minimum atomic E-state index is 0.780. The molecule has 218 valence electrons. The van der Waals surface area contributed by atoms with Gasteiger partial charge in [0.2, 0.25) is 0 Å². The fourth-order valence-corrected chi connectivity index (χ4v) is 6.47. The van der Waals surface area contributed by atoms with Crippen molar-refractivity contribution in [2.45, 2.75) is 0 Å². The van der Waals surface area contributed by atoms with Crippen LogP contribution in [0.25, 0.3) is 33.1 Å². The van der Waals surface area contributed by atoms with Crippen LogP contribution in [0.15, 0.2) is 174 Å². The quantitative estimate of drug-likeness (QED) is 0.199. The highest BCUT2D eigenvalue weighted by Gasteiger charge is 2.27. The number of furan rings is 1. The van der Waals surface area contributed by atoms with Crippen LogP contribution in [-0.4, -0.2) is 0 Å². The summed E-state index contributed by atoms with van der Waals surface area (Å²) in [5, 5.41) is 2.22. The summed E-state index contributed by atoms with van der Waals surface area (Å²) >= 11 is 0. The van der Waals surface area contributed by atoms with Crippen LogP contribution in [-0.2, 0) is 0 Å². The molecule has 8 aromatic rings. The highest BCUT2D eigenvalue weighted by Crippen LogP contribution is 2.52. The zero-order valence-electron chi connectivity index (χ0n) is 24.9. The second kappa shape index (κ2) is 10.7. The zero-order chi connectivity index (χ0) is 30.5. The molecule has 46 heavy (non-hydrogen) atoms. The van der Waals surface area contributed by atoms with E-state index >= 15 is 0 Å². The highest BCUT2D eigenvalue weighted by molar-refractivity contribution is 6.06. The van der Waals surface area contributed by atoms with Gasteiger partial charge in [0.1, 0.15) is 11.2 Å². The Kier molecular flexibility index (Phi) is 6.10. The monoisotopic (exact) mass is 592 g/mol. The number of fused-ring (bicyclic) bond motifs is 5. The van der Waals surface area contributed by atoms with Gasteiger partial charge in [0.25, 0.3) is 0 Å². The van der Waals surface area contributed by atoms with E-state index in [9.17, 15) is 0 Å². The first-order valence-corrected chi connectivity index (χ1v) is 15.4. The number of nitrogens with zero attached hydrogens (tertiary/aromatic N) is 2. The Morgan fingerprint density at radius 3 is 1.89 bits per heavy atom. The molecule has 0 saturated heterocycles. The Bertz CT molecular complexity index is 2340. The predicted octanol–water partition coefficient (Wildman–Crippen LogP) is 12.3. The van der Waals surface area contributed by atoms with Crippen LogP contribution >= 0.6 is 0 Å². The van der Waals surface area contributed by atoms with Crippen LogP contribution in [0.1, 0.15) is 0 Å². The van der Waals surface area contributed by atoms with Crippen LogP contribution in [0.3, 0.4) is 0 Å². The van der Waals surface area contributed by atoms with E-state index in [0.717, 1.165) is 67.6 Å². The molecule has 1 aliphatic rings. The van der Waals surface area contributed by atoms with Crippen molar-refractivity contribution in [1.29, 1.82) is 0 Å². The molecule has 2 heterocycles. The molecule has 0 unspecified atom stereocenters. The summed E-state index contributed by atoms with van der Waals surface area (Å²) in [6.45, 7) is 0. The van der Waals surface area contributed by atoms with Crippen molar-refractivity contribution in [2.75, 3.05) is 9.80 Å². The van der Waals surface area contributed by atoms with E-state index < -0.39 is 0 Å². The lowest BCUT2D eigenvalue weighted by atomic mass is 10.0. The molecule has 0 saturated carbocycles. The summed E-state index contributed by atoms with van der Waals surface area (Å²) < 4.78 is 12.9. The average molecular weight is 593 g/mol. The molecule has 0 fully saturated rings. The molecular formula is C42H28N2O2. The standard InChI is InChI=1S/C42H28N2O2/c1-3-11-29(12-4-1)30-19-21-32(22-20-30)43(31-13-5-2-6-14-31)33-24-26-38-42(28-33)46-40-18-10-8-16-37(40)44(38)34-23-25-36-35-15-7-9-17-39(35)45-41(36)27-34/h1-28H. The Morgan fingerprint density at radius 2 is 1.04 bits per heavy atom. The van der Waals surface area contributed by atoms with Gasteiger partial charge in [-0.25, -0.2) is 0 Å². The third-order valence-corrected chi connectivity index (χ3v) is 8.64. The molecule has 1 aromatic heterocycles. The van der Waals surface area contributed by atoms with Crippen LogP contribution in [0.2, 0.25) is 0 Å². The maximum Gasteiger partial charge on any atom is 0.153 e. The molecule has 0 N–H and O–H groups in total. The van der Waals surface area contributed by atoms with Crippen LogP contribution in [0.4, 0.5) is 34.1 Å². The lowest BCUT2D eigenvalue weighted by Gasteiger charge is -2.34. The minimum Gasteiger partial charge on any atom is -0.456 e. The Labute approximate surface area is 267 Å². The van der Waals surface area contributed by atoms with E-state index in [4.69, 9.17) is 9.15 Å². The SMILES string of the molecule is c1ccc(-c2ccc(N(c3ccccc3)c3ccc4c(c3)Oc3ccccc3N4c3ccc4c(c3)oc3ccccc34)cc2)cc1. The van der Waals surface area contributed by atoms with Gasteiger partial charge in [-0.1, -0.05) is 91.0 Å². The van der Waals surface area contributed by atoms with Crippen LogP contribution < -0.4 is 14.5 Å². The molecule has 9 rings (SSSR count). The van der Waals surface area contributed by atoms with Crippen molar-refractivity contribution >= 4 is 56.1 Å². The maximum absolute atomic E-state index is 6.61. The van der Waals surface area contributed by atoms with Gasteiger partial charge in [0, 0.05) is 40.0 Å². The molecule has 0 bridgehead atoms. The second-order valence-corrected chi connectivity index (χ2v) is 11.4. The van der Waals surface area contributed by atoms with Gasteiger partial charge in [-0.2, -0.15) is 0 Å². The zero-order valence-corrected chi connectivity index (χ0v) is 24.9. The number of anilines is 6. The number of hydrogen-bond donors (Lipinski definition) is 0. The molecule has 7 aromatic carbocycles. The van der Waals surface area contributed by atoms with Crippen molar-refractivity contribution < 1.29 is 9.15 Å². The van der Waals surface area contributed by atoms with Gasteiger partial charge in [-0.15, -0.1) is 0 Å². The van der Waals surface area contributed by atoms with E-state index in [1.165, 1.54) is 11.1 Å². The maximum atomic E-state index is 6.61. The summed E-state index contributed by atoms with van der Waals surface area (Å²) in [6.07, 6.45) is 0. The van der Waals surface area contributed by atoms with Gasteiger partial charge in [0.05, 0.1) is 17.1 Å². The fourth-order valence-electron chi connectivity index (χ4n) is 6.47. The molecule has 0 amide bonds. The molecular weight excluding hydrogens is 564 g/mol. The smallest absolute Gasteiger partial charge is 0.153 e. The summed E-state index contributed by atoms with van der Waals surface area (Å²) in [5.41, 5.74) is 10.2. The normalized spacial score (nSPS) is 12.0. The third kappa shape index (κ3) is 4.39. The molecule has 0 spiro atoms. The lowest BCUT2D eigenvalue weighted by Crippen LogP contribution is -2.16. The fraction of sp³-hybridized carbons (Fsp3) is 0. The van der Waals surface area contributed by atoms with E-state index in [0.29, 0.717) is 0 Å². The predicted molar refractivity (Wildman–Crippen MR) is 189 cm³/mol. The molecule has 0 aliphatic carbocycles. The molecule has 0 radical (unpaired) electrons. The first kappa shape index (κ1) is 26.2. The van der Waals surface area contributed by atoms with E-state index in [2.05, 4.69) is 131 Å². The minimum absolute atomic E-state index is 0.780. The van der Waals surface area contributed by atoms with Gasteiger partial charge < -0.3 is 19.0 Å². The average Bonchev–Trinajstić information content (AvgIpc) is 3.50. The highest BCUT2D eigenvalue weighted by atomic mass is 16.5.